The van der Waals surface area contributed by atoms with Gasteiger partial charge in [-0.3, -0.25) is 10.1 Å². The van der Waals surface area contributed by atoms with Crippen LogP contribution in [0.15, 0.2) is 12.3 Å². The van der Waals surface area contributed by atoms with Gasteiger partial charge in [0.05, 0.1) is 4.92 Å². The number of aryl methyl sites for hydroxylation is 1. The number of hydrogen-bond acceptors (Lipinski definition) is 5. The maximum Gasteiger partial charge on any atom is 0.290 e. The fourth-order valence-electron chi connectivity index (χ4n) is 1.36. The largest absolute Gasteiger partial charge is 0.366 e. The van der Waals surface area contributed by atoms with E-state index >= 15 is 0 Å². The molecule has 0 aromatic carbocycles. The lowest BCUT2D eigenvalue weighted by Gasteiger charge is -2.15. The topological polar surface area (TPSA) is 94.1 Å². The molecule has 0 saturated heterocycles. The molecular weight excluding hydrogens is 208 g/mol. The molecule has 1 aromatic rings. The molecular formula is C10H16N4O2. The van der Waals surface area contributed by atoms with Gasteiger partial charge in [0.25, 0.3) is 5.69 Å². The fourth-order valence-corrected chi connectivity index (χ4v) is 1.36. The molecule has 0 amide bonds. The van der Waals surface area contributed by atoms with E-state index < -0.39 is 4.92 Å². The lowest BCUT2D eigenvalue weighted by molar-refractivity contribution is -0.385. The van der Waals surface area contributed by atoms with Gasteiger partial charge in [-0.1, -0.05) is 6.92 Å². The first-order chi connectivity index (χ1) is 7.58. The number of nitrogens with zero attached hydrogens (tertiary/aromatic N) is 2. The van der Waals surface area contributed by atoms with Crippen molar-refractivity contribution in [3.05, 3.63) is 27.9 Å². The Morgan fingerprint density at radius 3 is 2.81 bits per heavy atom. The summed E-state index contributed by atoms with van der Waals surface area (Å²) in [5.74, 6) is 0.625. The highest BCUT2D eigenvalue weighted by Gasteiger charge is 2.12. The number of nitrogens with one attached hydrogen (secondary N) is 1. The summed E-state index contributed by atoms with van der Waals surface area (Å²) in [5, 5.41) is 13.7. The summed E-state index contributed by atoms with van der Waals surface area (Å²) in [5.41, 5.74) is 6.17. The molecule has 0 bridgehead atoms. The predicted octanol–water partition coefficient (Wildman–Crippen LogP) is 1.45. The van der Waals surface area contributed by atoms with Crippen molar-refractivity contribution in [2.24, 2.45) is 5.73 Å². The number of nitrogens with two attached hydrogens (primary N) is 1. The number of nitro groups is 1. The van der Waals surface area contributed by atoms with E-state index in [1.54, 1.807) is 13.0 Å². The summed E-state index contributed by atoms with van der Waals surface area (Å²) in [6.07, 6.45) is 2.15. The first-order valence-electron chi connectivity index (χ1n) is 5.16. The second-order valence-corrected chi connectivity index (χ2v) is 3.60. The minimum atomic E-state index is -0.438. The number of anilines is 1. The Balaban J connectivity index is 2.84. The maximum atomic E-state index is 10.6. The van der Waals surface area contributed by atoms with Crippen LogP contribution in [0.1, 0.15) is 18.9 Å². The Morgan fingerprint density at radius 1 is 1.69 bits per heavy atom. The highest BCUT2D eigenvalue weighted by Crippen LogP contribution is 2.19. The van der Waals surface area contributed by atoms with Crippen molar-refractivity contribution in [3.63, 3.8) is 0 Å². The molecule has 1 atom stereocenters. The van der Waals surface area contributed by atoms with Crippen molar-refractivity contribution >= 4 is 11.5 Å². The molecule has 3 N–H and O–H groups in total. The van der Waals surface area contributed by atoms with Crippen LogP contribution in [-0.2, 0) is 0 Å². The smallest absolute Gasteiger partial charge is 0.290 e. The summed E-state index contributed by atoms with van der Waals surface area (Å²) >= 11 is 0. The van der Waals surface area contributed by atoms with E-state index in [-0.39, 0.29) is 11.7 Å². The standard InChI is InChI=1S/C10H16N4O2/c1-3-8(5-11)13-10-4-7(2)9(6-12-10)14(15)16/h4,6,8H,3,5,11H2,1-2H3,(H,12,13). The van der Waals surface area contributed by atoms with Crippen molar-refractivity contribution < 1.29 is 4.92 Å². The normalized spacial score (nSPS) is 12.2. The van der Waals surface area contributed by atoms with Crippen molar-refractivity contribution in [2.45, 2.75) is 26.3 Å². The van der Waals surface area contributed by atoms with Gasteiger partial charge in [-0.25, -0.2) is 4.98 Å². The zero-order valence-corrected chi connectivity index (χ0v) is 9.43. The van der Waals surface area contributed by atoms with Crippen LogP contribution in [0, 0.1) is 17.0 Å². The van der Waals surface area contributed by atoms with Crippen LogP contribution in [0.3, 0.4) is 0 Å². The van der Waals surface area contributed by atoms with Gasteiger partial charge < -0.3 is 11.1 Å². The van der Waals surface area contributed by atoms with Crippen LogP contribution in [0.5, 0.6) is 0 Å². The number of rotatable bonds is 5. The zero-order valence-electron chi connectivity index (χ0n) is 9.43. The Hall–Kier alpha value is -1.69. The SMILES string of the molecule is CCC(CN)Nc1cc(C)c([N+](=O)[O-])cn1. The molecule has 0 aliphatic rings. The van der Waals surface area contributed by atoms with E-state index in [1.807, 2.05) is 6.92 Å². The Labute approximate surface area is 94.0 Å². The van der Waals surface area contributed by atoms with E-state index in [4.69, 9.17) is 5.73 Å². The summed E-state index contributed by atoms with van der Waals surface area (Å²) in [6.45, 7) is 4.21. The highest BCUT2D eigenvalue weighted by atomic mass is 16.6. The molecule has 0 spiro atoms. The van der Waals surface area contributed by atoms with E-state index in [9.17, 15) is 10.1 Å². The van der Waals surface area contributed by atoms with Crippen LogP contribution in [0.4, 0.5) is 11.5 Å². The molecule has 6 nitrogen and oxygen atoms in total. The molecule has 1 rings (SSSR count). The van der Waals surface area contributed by atoms with Gasteiger partial charge in [-0.2, -0.15) is 0 Å². The molecule has 0 radical (unpaired) electrons. The third-order valence-electron chi connectivity index (χ3n) is 2.41. The quantitative estimate of drug-likeness (QED) is 0.583. The number of hydrogen-bond donors (Lipinski definition) is 2. The minimum absolute atomic E-state index is 0.0337. The molecule has 16 heavy (non-hydrogen) atoms. The highest BCUT2D eigenvalue weighted by molar-refractivity contribution is 5.47. The van der Waals surface area contributed by atoms with Gasteiger partial charge in [-0.05, 0) is 19.4 Å². The second kappa shape index (κ2) is 5.41. The first kappa shape index (κ1) is 12.4. The lowest BCUT2D eigenvalue weighted by atomic mass is 10.2. The van der Waals surface area contributed by atoms with Crippen LogP contribution < -0.4 is 11.1 Å². The number of pyridine rings is 1. The number of aromatic nitrogens is 1. The van der Waals surface area contributed by atoms with E-state index in [0.29, 0.717) is 17.9 Å². The van der Waals surface area contributed by atoms with Crippen molar-refractivity contribution in [3.8, 4) is 0 Å². The van der Waals surface area contributed by atoms with Crippen LogP contribution in [-0.4, -0.2) is 22.5 Å². The average Bonchev–Trinajstić information content (AvgIpc) is 2.25. The molecule has 0 fully saturated rings. The van der Waals surface area contributed by atoms with E-state index in [1.165, 1.54) is 6.20 Å². The summed E-state index contributed by atoms with van der Waals surface area (Å²) in [7, 11) is 0. The molecule has 0 aliphatic carbocycles. The maximum absolute atomic E-state index is 10.6. The van der Waals surface area contributed by atoms with Crippen molar-refractivity contribution in [2.75, 3.05) is 11.9 Å². The predicted molar refractivity (Wildman–Crippen MR) is 62.4 cm³/mol. The van der Waals surface area contributed by atoms with Gasteiger partial charge in [0, 0.05) is 18.2 Å². The second-order valence-electron chi connectivity index (χ2n) is 3.60. The van der Waals surface area contributed by atoms with Crippen LogP contribution >= 0.6 is 0 Å². The van der Waals surface area contributed by atoms with Crippen molar-refractivity contribution in [1.82, 2.24) is 4.98 Å². The van der Waals surface area contributed by atoms with Crippen molar-refractivity contribution in [1.29, 1.82) is 0 Å². The summed E-state index contributed by atoms with van der Waals surface area (Å²) in [4.78, 5) is 14.1. The average molecular weight is 224 g/mol. The third kappa shape index (κ3) is 2.90. The van der Waals surface area contributed by atoms with Crippen LogP contribution in [0.25, 0.3) is 0 Å². The van der Waals surface area contributed by atoms with Gasteiger partial charge in [0.2, 0.25) is 0 Å². The van der Waals surface area contributed by atoms with E-state index in [0.717, 1.165) is 6.42 Å². The van der Waals surface area contributed by atoms with Gasteiger partial charge in [0.15, 0.2) is 0 Å². The molecule has 0 aliphatic heterocycles. The van der Waals surface area contributed by atoms with Gasteiger partial charge >= 0.3 is 0 Å². The van der Waals surface area contributed by atoms with E-state index in [2.05, 4.69) is 10.3 Å². The molecule has 6 heteroatoms. The monoisotopic (exact) mass is 224 g/mol. The molecule has 88 valence electrons. The molecule has 1 heterocycles. The Morgan fingerprint density at radius 2 is 2.38 bits per heavy atom. The third-order valence-corrected chi connectivity index (χ3v) is 2.41. The fraction of sp³-hybridized carbons (Fsp3) is 0.500. The Kier molecular flexibility index (Phi) is 4.19. The summed E-state index contributed by atoms with van der Waals surface area (Å²) in [6, 6.07) is 1.81. The molecule has 1 unspecified atom stereocenters. The van der Waals surface area contributed by atoms with Gasteiger partial charge in [0.1, 0.15) is 12.0 Å². The van der Waals surface area contributed by atoms with Gasteiger partial charge in [-0.15, -0.1) is 0 Å². The first-order valence-corrected chi connectivity index (χ1v) is 5.16. The summed E-state index contributed by atoms with van der Waals surface area (Å²) < 4.78 is 0. The van der Waals surface area contributed by atoms with Crippen LogP contribution in [0.2, 0.25) is 0 Å². The lowest BCUT2D eigenvalue weighted by Crippen LogP contribution is -2.28. The Bertz CT molecular complexity index is 377. The molecule has 0 saturated carbocycles. The molecule has 1 aromatic heterocycles. The zero-order chi connectivity index (χ0) is 12.1. The minimum Gasteiger partial charge on any atom is -0.366 e.